The summed E-state index contributed by atoms with van der Waals surface area (Å²) in [7, 11) is 0. The SMILES string of the molecule is CCC(C)CN(CCC(=O)O)c1ccccc1N. The summed E-state index contributed by atoms with van der Waals surface area (Å²) in [5.74, 6) is -0.267. The van der Waals surface area contributed by atoms with Gasteiger partial charge in [0.15, 0.2) is 0 Å². The van der Waals surface area contributed by atoms with E-state index in [1.807, 2.05) is 24.3 Å². The number of hydrogen-bond donors (Lipinski definition) is 2. The lowest BCUT2D eigenvalue weighted by Crippen LogP contribution is -2.31. The van der Waals surface area contributed by atoms with Crippen molar-refractivity contribution in [1.82, 2.24) is 0 Å². The van der Waals surface area contributed by atoms with Crippen LogP contribution in [0.4, 0.5) is 11.4 Å². The van der Waals surface area contributed by atoms with E-state index < -0.39 is 5.97 Å². The molecule has 0 amide bonds. The fourth-order valence-corrected chi connectivity index (χ4v) is 1.82. The Morgan fingerprint density at radius 2 is 2.11 bits per heavy atom. The predicted molar refractivity (Wildman–Crippen MR) is 74.8 cm³/mol. The van der Waals surface area contributed by atoms with Crippen molar-refractivity contribution in [2.75, 3.05) is 23.7 Å². The van der Waals surface area contributed by atoms with Crippen LogP contribution in [0.5, 0.6) is 0 Å². The molecular formula is C14H22N2O2. The largest absolute Gasteiger partial charge is 0.481 e. The maximum absolute atomic E-state index is 10.7. The number of nitrogens with two attached hydrogens (primary N) is 1. The van der Waals surface area contributed by atoms with Gasteiger partial charge in [-0.2, -0.15) is 0 Å². The van der Waals surface area contributed by atoms with Crippen molar-refractivity contribution in [1.29, 1.82) is 0 Å². The van der Waals surface area contributed by atoms with Crippen LogP contribution >= 0.6 is 0 Å². The van der Waals surface area contributed by atoms with Gasteiger partial charge in [-0.3, -0.25) is 4.79 Å². The van der Waals surface area contributed by atoms with Crippen LogP contribution in [0.2, 0.25) is 0 Å². The number of benzene rings is 1. The lowest BCUT2D eigenvalue weighted by molar-refractivity contribution is -0.136. The molecular weight excluding hydrogens is 228 g/mol. The van der Waals surface area contributed by atoms with Crippen LogP contribution in [-0.4, -0.2) is 24.2 Å². The Kier molecular flexibility index (Phi) is 5.49. The van der Waals surface area contributed by atoms with Gasteiger partial charge >= 0.3 is 5.97 Å². The Morgan fingerprint density at radius 3 is 2.67 bits per heavy atom. The molecule has 4 nitrogen and oxygen atoms in total. The van der Waals surface area contributed by atoms with Gasteiger partial charge in [0.1, 0.15) is 0 Å². The Bertz CT molecular complexity index is 393. The fraction of sp³-hybridized carbons (Fsp3) is 0.500. The molecule has 0 heterocycles. The molecule has 0 aliphatic rings. The van der Waals surface area contributed by atoms with Crippen LogP contribution in [0.25, 0.3) is 0 Å². The highest BCUT2D eigenvalue weighted by molar-refractivity contribution is 5.70. The molecule has 0 aliphatic heterocycles. The molecule has 0 radical (unpaired) electrons. The monoisotopic (exact) mass is 250 g/mol. The number of nitrogens with zero attached hydrogens (tertiary/aromatic N) is 1. The van der Waals surface area contributed by atoms with Gasteiger partial charge in [0, 0.05) is 13.1 Å². The third-order valence-corrected chi connectivity index (χ3v) is 3.10. The lowest BCUT2D eigenvalue weighted by atomic mass is 10.1. The summed E-state index contributed by atoms with van der Waals surface area (Å²) in [6.07, 6.45) is 1.20. The summed E-state index contributed by atoms with van der Waals surface area (Å²) < 4.78 is 0. The van der Waals surface area contributed by atoms with Crippen LogP contribution in [0.1, 0.15) is 26.7 Å². The smallest absolute Gasteiger partial charge is 0.305 e. The van der Waals surface area contributed by atoms with Crippen molar-refractivity contribution in [3.8, 4) is 0 Å². The molecule has 0 fully saturated rings. The number of hydrogen-bond acceptors (Lipinski definition) is 3. The second-order valence-corrected chi connectivity index (χ2v) is 4.66. The summed E-state index contributed by atoms with van der Waals surface area (Å²) in [5, 5.41) is 8.81. The first-order chi connectivity index (χ1) is 8.54. The number of aliphatic carboxylic acids is 1. The van der Waals surface area contributed by atoms with Crippen LogP contribution in [-0.2, 0) is 4.79 Å². The highest BCUT2D eigenvalue weighted by Crippen LogP contribution is 2.24. The third-order valence-electron chi connectivity index (χ3n) is 3.10. The minimum atomic E-state index is -0.779. The first-order valence-electron chi connectivity index (χ1n) is 6.35. The molecule has 0 bridgehead atoms. The minimum absolute atomic E-state index is 0.130. The van der Waals surface area contributed by atoms with Gasteiger partial charge in [0.2, 0.25) is 0 Å². The normalized spacial score (nSPS) is 12.1. The molecule has 1 rings (SSSR count). The maximum atomic E-state index is 10.7. The van der Waals surface area contributed by atoms with E-state index in [2.05, 4.69) is 18.7 Å². The van der Waals surface area contributed by atoms with Gasteiger partial charge in [-0.05, 0) is 18.1 Å². The van der Waals surface area contributed by atoms with Gasteiger partial charge in [-0.25, -0.2) is 0 Å². The van der Waals surface area contributed by atoms with E-state index in [1.54, 1.807) is 0 Å². The Labute approximate surface area is 108 Å². The lowest BCUT2D eigenvalue weighted by Gasteiger charge is -2.28. The molecule has 1 aromatic rings. The molecule has 18 heavy (non-hydrogen) atoms. The zero-order valence-electron chi connectivity index (χ0n) is 11.1. The van der Waals surface area contributed by atoms with Crippen LogP contribution in [0, 0.1) is 5.92 Å². The predicted octanol–water partition coefficient (Wildman–Crippen LogP) is 2.60. The van der Waals surface area contributed by atoms with E-state index in [4.69, 9.17) is 10.8 Å². The molecule has 0 saturated heterocycles. The standard InChI is InChI=1S/C14H22N2O2/c1-3-11(2)10-16(9-8-14(17)18)13-7-5-4-6-12(13)15/h4-7,11H,3,8-10,15H2,1-2H3,(H,17,18). The molecule has 100 valence electrons. The number of nitrogen functional groups attached to an aromatic ring is 1. The molecule has 1 atom stereocenters. The summed E-state index contributed by atoms with van der Waals surface area (Å²) >= 11 is 0. The molecule has 4 heteroatoms. The van der Waals surface area contributed by atoms with E-state index in [-0.39, 0.29) is 6.42 Å². The van der Waals surface area contributed by atoms with Crippen LogP contribution < -0.4 is 10.6 Å². The number of para-hydroxylation sites is 2. The number of rotatable bonds is 7. The van der Waals surface area contributed by atoms with Crippen molar-refractivity contribution >= 4 is 17.3 Å². The summed E-state index contributed by atoms with van der Waals surface area (Å²) in [4.78, 5) is 12.8. The van der Waals surface area contributed by atoms with Crippen molar-refractivity contribution in [2.24, 2.45) is 5.92 Å². The first kappa shape index (κ1) is 14.4. The Morgan fingerprint density at radius 1 is 1.44 bits per heavy atom. The number of anilines is 2. The third kappa shape index (κ3) is 4.28. The number of carbonyl (C=O) groups is 1. The molecule has 0 aliphatic carbocycles. The number of carboxylic acid groups (broad SMARTS) is 1. The van der Waals surface area contributed by atoms with Gasteiger partial charge in [0.25, 0.3) is 0 Å². The van der Waals surface area contributed by atoms with Gasteiger partial charge < -0.3 is 15.7 Å². The molecule has 0 spiro atoms. The zero-order valence-corrected chi connectivity index (χ0v) is 11.1. The fourth-order valence-electron chi connectivity index (χ4n) is 1.82. The van der Waals surface area contributed by atoms with Crippen molar-refractivity contribution in [3.05, 3.63) is 24.3 Å². The second kappa shape index (κ2) is 6.89. The van der Waals surface area contributed by atoms with Crippen molar-refractivity contribution in [2.45, 2.75) is 26.7 Å². The van der Waals surface area contributed by atoms with E-state index in [0.29, 0.717) is 18.2 Å². The van der Waals surface area contributed by atoms with Gasteiger partial charge in [0.05, 0.1) is 17.8 Å². The quantitative estimate of drug-likeness (QED) is 0.730. The highest BCUT2D eigenvalue weighted by atomic mass is 16.4. The number of carboxylic acids is 1. The zero-order chi connectivity index (χ0) is 13.5. The Hall–Kier alpha value is -1.71. The minimum Gasteiger partial charge on any atom is -0.481 e. The molecule has 0 saturated carbocycles. The van der Waals surface area contributed by atoms with E-state index >= 15 is 0 Å². The van der Waals surface area contributed by atoms with Crippen molar-refractivity contribution in [3.63, 3.8) is 0 Å². The molecule has 3 N–H and O–H groups in total. The van der Waals surface area contributed by atoms with E-state index in [1.165, 1.54) is 0 Å². The maximum Gasteiger partial charge on any atom is 0.305 e. The molecule has 1 aromatic carbocycles. The van der Waals surface area contributed by atoms with Gasteiger partial charge in [-0.15, -0.1) is 0 Å². The second-order valence-electron chi connectivity index (χ2n) is 4.66. The van der Waals surface area contributed by atoms with Crippen molar-refractivity contribution < 1.29 is 9.90 Å². The van der Waals surface area contributed by atoms with E-state index in [9.17, 15) is 4.79 Å². The van der Waals surface area contributed by atoms with Gasteiger partial charge in [-0.1, -0.05) is 32.4 Å². The van der Waals surface area contributed by atoms with E-state index in [0.717, 1.165) is 18.7 Å². The molecule has 0 aromatic heterocycles. The Balaban J connectivity index is 2.82. The highest BCUT2D eigenvalue weighted by Gasteiger charge is 2.13. The van der Waals surface area contributed by atoms with Crippen LogP contribution in [0.15, 0.2) is 24.3 Å². The summed E-state index contributed by atoms with van der Waals surface area (Å²) in [6.45, 7) is 5.62. The average Bonchev–Trinajstić information content (AvgIpc) is 2.34. The van der Waals surface area contributed by atoms with Crippen LogP contribution in [0.3, 0.4) is 0 Å². The summed E-state index contributed by atoms with van der Waals surface area (Å²) in [6, 6.07) is 7.60. The first-order valence-corrected chi connectivity index (χ1v) is 6.35. The molecule has 1 unspecified atom stereocenters. The summed E-state index contributed by atoms with van der Waals surface area (Å²) in [5.41, 5.74) is 7.59. The topological polar surface area (TPSA) is 66.6 Å². The average molecular weight is 250 g/mol.